The van der Waals surface area contributed by atoms with Gasteiger partial charge in [-0.15, -0.1) is 0 Å². The largest absolute Gasteiger partial charge is 0.346 e. The summed E-state index contributed by atoms with van der Waals surface area (Å²) < 4.78 is 7.60. The molecule has 3 aliphatic rings. The Balaban J connectivity index is 1.27. The van der Waals surface area contributed by atoms with Crippen molar-refractivity contribution in [2.45, 2.75) is 30.8 Å². The fourth-order valence-electron chi connectivity index (χ4n) is 5.26. The Labute approximate surface area is 155 Å². The maximum absolute atomic E-state index is 12.9. The molecule has 2 aliphatic heterocycles. The molecular formula is C20H20N4OS. The van der Waals surface area contributed by atoms with Crippen molar-refractivity contribution in [2.75, 3.05) is 13.1 Å². The Hall–Kier alpha value is -2.18. The van der Waals surface area contributed by atoms with Gasteiger partial charge in [-0.2, -0.15) is 4.37 Å². The van der Waals surface area contributed by atoms with E-state index in [2.05, 4.69) is 31.3 Å². The molecule has 4 heterocycles. The third-order valence-corrected chi connectivity index (χ3v) is 7.62. The molecule has 1 aromatic carbocycles. The van der Waals surface area contributed by atoms with Crippen LogP contribution in [0.2, 0.25) is 0 Å². The molecule has 3 fully saturated rings. The van der Waals surface area contributed by atoms with Crippen LogP contribution in [0.15, 0.2) is 42.7 Å². The van der Waals surface area contributed by atoms with Crippen molar-refractivity contribution >= 4 is 27.5 Å². The van der Waals surface area contributed by atoms with E-state index in [-0.39, 0.29) is 11.9 Å². The maximum atomic E-state index is 12.9. The number of rotatable bonds is 3. The van der Waals surface area contributed by atoms with Crippen LogP contribution >= 0.6 is 11.5 Å². The summed E-state index contributed by atoms with van der Waals surface area (Å²) in [5.74, 6) is 0.630. The lowest BCUT2D eigenvalue weighted by atomic mass is 9.61. The minimum atomic E-state index is -0.0143. The molecule has 1 unspecified atom stereocenters. The quantitative estimate of drug-likeness (QED) is 0.777. The maximum Gasteiger partial charge on any atom is 0.271 e. The molecule has 1 aliphatic carbocycles. The SMILES string of the molecule is O=C(N[C@@H]1CN2CCC23CC[C@H]13)c1nsc2cc(-n3cccc3)ccc12. The third-order valence-electron chi connectivity index (χ3n) is 6.82. The Morgan fingerprint density at radius 1 is 1.27 bits per heavy atom. The van der Waals surface area contributed by atoms with Crippen LogP contribution in [-0.4, -0.2) is 44.4 Å². The number of benzene rings is 1. The van der Waals surface area contributed by atoms with E-state index in [1.54, 1.807) is 0 Å². The molecule has 6 rings (SSSR count). The zero-order chi connectivity index (χ0) is 17.3. The molecule has 1 saturated carbocycles. The Morgan fingerprint density at radius 2 is 2.15 bits per heavy atom. The predicted molar refractivity (Wildman–Crippen MR) is 102 cm³/mol. The topological polar surface area (TPSA) is 50.2 Å². The lowest BCUT2D eigenvalue weighted by molar-refractivity contribution is -0.0676. The van der Waals surface area contributed by atoms with E-state index in [0.29, 0.717) is 17.2 Å². The molecule has 3 atom stereocenters. The first kappa shape index (κ1) is 14.9. The molecular weight excluding hydrogens is 344 g/mol. The Bertz CT molecular complexity index is 1010. The van der Waals surface area contributed by atoms with Crippen LogP contribution in [0.3, 0.4) is 0 Å². The smallest absolute Gasteiger partial charge is 0.271 e. The number of carbonyl (C=O) groups excluding carboxylic acids is 1. The van der Waals surface area contributed by atoms with Gasteiger partial charge >= 0.3 is 0 Å². The van der Waals surface area contributed by atoms with Gasteiger partial charge in [0, 0.05) is 48.1 Å². The highest BCUT2D eigenvalue weighted by atomic mass is 32.1. The minimum absolute atomic E-state index is 0.0143. The summed E-state index contributed by atoms with van der Waals surface area (Å²) in [6, 6.07) is 10.5. The van der Waals surface area contributed by atoms with Gasteiger partial charge in [0.1, 0.15) is 5.69 Å². The highest BCUT2D eigenvalue weighted by molar-refractivity contribution is 7.13. The molecule has 3 aromatic rings. The van der Waals surface area contributed by atoms with Crippen LogP contribution in [0.1, 0.15) is 29.8 Å². The van der Waals surface area contributed by atoms with Crippen LogP contribution in [-0.2, 0) is 0 Å². The van der Waals surface area contributed by atoms with E-state index in [1.165, 1.54) is 37.3 Å². The van der Waals surface area contributed by atoms with E-state index < -0.39 is 0 Å². The van der Waals surface area contributed by atoms with Gasteiger partial charge in [0.15, 0.2) is 0 Å². The number of nitrogens with one attached hydrogen (secondary N) is 1. The molecule has 5 nitrogen and oxygen atoms in total. The Morgan fingerprint density at radius 3 is 2.85 bits per heavy atom. The van der Waals surface area contributed by atoms with Crippen LogP contribution in [0.25, 0.3) is 15.8 Å². The molecule has 1 amide bonds. The summed E-state index contributed by atoms with van der Waals surface area (Å²) in [6.45, 7) is 2.21. The van der Waals surface area contributed by atoms with Gasteiger partial charge in [0.2, 0.25) is 0 Å². The second-order valence-electron chi connectivity index (χ2n) is 7.83. The molecule has 2 saturated heterocycles. The number of hydrogen-bond donors (Lipinski definition) is 1. The van der Waals surface area contributed by atoms with Crippen LogP contribution in [0.5, 0.6) is 0 Å². The van der Waals surface area contributed by atoms with Gasteiger partial charge in [-0.3, -0.25) is 9.69 Å². The van der Waals surface area contributed by atoms with Crippen LogP contribution < -0.4 is 5.32 Å². The summed E-state index contributed by atoms with van der Waals surface area (Å²) >= 11 is 1.40. The van der Waals surface area contributed by atoms with E-state index >= 15 is 0 Å². The lowest BCUT2D eigenvalue weighted by Gasteiger charge is -2.58. The van der Waals surface area contributed by atoms with E-state index in [1.807, 2.05) is 30.6 Å². The van der Waals surface area contributed by atoms with Crippen molar-refractivity contribution in [1.29, 1.82) is 0 Å². The van der Waals surface area contributed by atoms with Crippen LogP contribution in [0.4, 0.5) is 0 Å². The van der Waals surface area contributed by atoms with Gasteiger partial charge in [-0.05, 0) is 67.0 Å². The highest BCUT2D eigenvalue weighted by Gasteiger charge is 2.63. The van der Waals surface area contributed by atoms with E-state index in [9.17, 15) is 4.79 Å². The fourth-order valence-corrected chi connectivity index (χ4v) is 6.07. The average molecular weight is 364 g/mol. The second kappa shape index (κ2) is 5.18. The van der Waals surface area contributed by atoms with Gasteiger partial charge in [-0.1, -0.05) is 0 Å². The third kappa shape index (κ3) is 1.89. The molecule has 1 N–H and O–H groups in total. The van der Waals surface area contributed by atoms with Crippen LogP contribution in [0, 0.1) is 5.92 Å². The fraction of sp³-hybridized carbons (Fsp3) is 0.400. The first-order valence-corrected chi connectivity index (χ1v) is 10.1. The molecule has 6 heteroatoms. The molecule has 1 spiro atoms. The highest BCUT2D eigenvalue weighted by Crippen LogP contribution is 2.57. The zero-order valence-electron chi connectivity index (χ0n) is 14.4. The molecule has 26 heavy (non-hydrogen) atoms. The number of fused-ring (bicyclic) bond motifs is 1. The summed E-state index contributed by atoms with van der Waals surface area (Å²) in [5, 5.41) is 4.25. The molecule has 0 bridgehead atoms. The van der Waals surface area contributed by atoms with Crippen molar-refractivity contribution in [3.05, 3.63) is 48.4 Å². The lowest BCUT2D eigenvalue weighted by Crippen LogP contribution is -2.64. The first-order valence-electron chi connectivity index (χ1n) is 9.33. The number of aromatic nitrogens is 2. The summed E-state index contributed by atoms with van der Waals surface area (Å²) in [4.78, 5) is 15.5. The van der Waals surface area contributed by atoms with Gasteiger partial charge in [0.05, 0.1) is 4.70 Å². The molecule has 0 radical (unpaired) electrons. The summed E-state index contributed by atoms with van der Waals surface area (Å²) in [5.41, 5.74) is 2.11. The number of nitrogens with zero attached hydrogens (tertiary/aromatic N) is 3. The van der Waals surface area contributed by atoms with Gasteiger partial charge in [0.25, 0.3) is 5.91 Å². The number of hydrogen-bond acceptors (Lipinski definition) is 4. The predicted octanol–water partition coefficient (Wildman–Crippen LogP) is 3.05. The zero-order valence-corrected chi connectivity index (χ0v) is 15.2. The molecule has 132 valence electrons. The minimum Gasteiger partial charge on any atom is -0.346 e. The summed E-state index contributed by atoms with van der Waals surface area (Å²) in [7, 11) is 0. The average Bonchev–Trinajstić information content (AvgIpc) is 3.28. The standard InChI is InChI=1S/C20H20N4OS/c25-19(21-16-12-24-10-7-20(24)6-5-15(16)20)18-14-4-3-13(11-17(14)26-22-18)23-8-1-2-9-23/h1-4,8-9,11,15-16H,5-7,10,12H2,(H,21,25)/t15-,16-,20?/m1/s1. The van der Waals surface area contributed by atoms with E-state index in [4.69, 9.17) is 0 Å². The second-order valence-corrected chi connectivity index (χ2v) is 8.63. The number of amides is 1. The van der Waals surface area contributed by atoms with E-state index in [0.717, 1.165) is 22.3 Å². The summed E-state index contributed by atoms with van der Waals surface area (Å²) in [6.07, 6.45) is 7.92. The van der Waals surface area contributed by atoms with Crippen molar-refractivity contribution in [2.24, 2.45) is 5.92 Å². The first-order chi connectivity index (χ1) is 12.7. The van der Waals surface area contributed by atoms with Crippen molar-refractivity contribution in [3.63, 3.8) is 0 Å². The number of carbonyl (C=O) groups is 1. The van der Waals surface area contributed by atoms with Gasteiger partial charge in [-0.25, -0.2) is 0 Å². The van der Waals surface area contributed by atoms with Crippen molar-refractivity contribution in [3.8, 4) is 5.69 Å². The van der Waals surface area contributed by atoms with Gasteiger partial charge < -0.3 is 9.88 Å². The monoisotopic (exact) mass is 364 g/mol. The van der Waals surface area contributed by atoms with Crippen molar-refractivity contribution < 1.29 is 4.79 Å². The normalized spacial score (nSPS) is 29.7. The molecule has 2 aromatic heterocycles. The van der Waals surface area contributed by atoms with Crippen molar-refractivity contribution in [1.82, 2.24) is 19.2 Å². The Kier molecular flexibility index (Phi) is 2.97.